The van der Waals surface area contributed by atoms with Gasteiger partial charge in [0, 0.05) is 0 Å². The van der Waals surface area contributed by atoms with Gasteiger partial charge in [-0.3, -0.25) is 0 Å². The maximum atomic E-state index is 14.7. The fraction of sp³-hybridized carbons (Fsp3) is 0.500. The van der Waals surface area contributed by atoms with Crippen LogP contribution in [0.3, 0.4) is 0 Å². The van der Waals surface area contributed by atoms with E-state index in [1.54, 1.807) is 0 Å². The van der Waals surface area contributed by atoms with Gasteiger partial charge in [0.1, 0.15) is 0 Å². The molecule has 0 unspecified atom stereocenters. The Bertz CT molecular complexity index is 885. The van der Waals surface area contributed by atoms with Crippen molar-refractivity contribution in [3.8, 4) is 0 Å². The van der Waals surface area contributed by atoms with Crippen LogP contribution in [0.4, 0.5) is 69.5 Å². The minimum absolute atomic E-state index is 0.230. The summed E-state index contributed by atoms with van der Waals surface area (Å²) in [6.07, 6.45) is -31.9. The first-order chi connectivity index (χ1) is 14.3. The summed E-state index contributed by atoms with van der Waals surface area (Å²) >= 11 is 0. The number of alkyl halides is 12. The van der Waals surface area contributed by atoms with Crippen LogP contribution in [0.25, 0.3) is 0 Å². The summed E-state index contributed by atoms with van der Waals surface area (Å²) < 4.78 is 222. The molecule has 2 rings (SSSR count). The molecule has 0 radical (unpaired) electrons. The van der Waals surface area contributed by atoms with Gasteiger partial charge in [-0.2, -0.15) is 0 Å². The summed E-state index contributed by atoms with van der Waals surface area (Å²) in [6.45, 7) is 0. The molecule has 1 fully saturated rings. The third-order valence-electron chi connectivity index (χ3n) is 3.98. The molecule has 21 heteroatoms. The zero-order chi connectivity index (χ0) is 26.2. The Kier molecular flexibility index (Phi) is 6.01. The Balaban J connectivity index is 3.09. The second-order valence-electron chi connectivity index (χ2n) is 6.17. The zero-order valence-electron chi connectivity index (χ0n) is 14.6. The first kappa shape index (κ1) is 27.9. The van der Waals surface area contributed by atoms with Crippen molar-refractivity contribution in [2.24, 2.45) is 4.52 Å². The van der Waals surface area contributed by atoms with Gasteiger partial charge in [-0.15, -0.1) is 0 Å². The molecule has 3 nitrogen and oxygen atoms in total. The van der Waals surface area contributed by atoms with Crippen molar-refractivity contribution in [1.82, 2.24) is 0 Å². The van der Waals surface area contributed by atoms with Gasteiger partial charge in [-0.25, -0.2) is 0 Å². The maximum absolute atomic E-state index is 14.7. The van der Waals surface area contributed by atoms with Gasteiger partial charge in [0.2, 0.25) is 0 Å². The van der Waals surface area contributed by atoms with Crippen LogP contribution in [0.5, 0.6) is 0 Å². The van der Waals surface area contributed by atoms with Crippen molar-refractivity contribution in [3.63, 3.8) is 0 Å². The number of halogens is 16. The van der Waals surface area contributed by atoms with Crippen LogP contribution >= 0.6 is 15.5 Å². The number of hydrogen-bond acceptors (Lipinski definition) is 3. The number of nitrogens with zero attached hydrogens (tertiary/aromatic N) is 1. The summed E-state index contributed by atoms with van der Waals surface area (Å²) in [4.78, 5) is 0. The Morgan fingerprint density at radius 1 is 0.636 bits per heavy atom. The number of rotatable bonds is 2. The Labute approximate surface area is 171 Å². The normalized spacial score (nSPS) is 24.1. The van der Waals surface area contributed by atoms with Crippen LogP contribution in [0.15, 0.2) is 34.8 Å². The van der Waals surface area contributed by atoms with E-state index in [0.717, 1.165) is 10.6 Å². The van der Waals surface area contributed by atoms with Crippen molar-refractivity contribution >= 4 is 20.8 Å². The molecule has 1 aliphatic heterocycles. The van der Waals surface area contributed by atoms with Crippen molar-refractivity contribution in [2.75, 3.05) is 0 Å². The molecule has 0 N–H and O–H groups in total. The molecule has 0 aromatic heterocycles. The van der Waals surface area contributed by atoms with Crippen molar-refractivity contribution in [1.29, 1.82) is 0 Å². The predicted molar refractivity (Wildman–Crippen MR) is 78.6 cm³/mol. The molecular weight excluding hydrogens is 556 g/mol. The van der Waals surface area contributed by atoms with Gasteiger partial charge in [-0.1, -0.05) is 0 Å². The van der Waals surface area contributed by atoms with Crippen molar-refractivity contribution in [3.05, 3.63) is 30.3 Å². The third kappa shape index (κ3) is 4.08. The molecule has 33 heavy (non-hydrogen) atoms. The van der Waals surface area contributed by atoms with Gasteiger partial charge < -0.3 is 0 Å². The monoisotopic (exact) mass is 561 g/mol. The van der Waals surface area contributed by atoms with Crippen LogP contribution in [-0.4, -0.2) is 35.9 Å². The van der Waals surface area contributed by atoms with Crippen LogP contribution in [0.1, 0.15) is 0 Å². The van der Waals surface area contributed by atoms with Crippen LogP contribution in [0, 0.1) is 0 Å². The van der Waals surface area contributed by atoms with Crippen LogP contribution in [0.2, 0.25) is 0 Å². The summed E-state index contributed by atoms with van der Waals surface area (Å²) in [5, 5.41) is -1.65. The van der Waals surface area contributed by atoms with Crippen LogP contribution < -0.4 is 5.30 Å². The van der Waals surface area contributed by atoms with Gasteiger partial charge in [0.05, 0.1) is 0 Å². The summed E-state index contributed by atoms with van der Waals surface area (Å²) in [5.74, 6) is 0. The molecule has 0 atom stereocenters. The second kappa shape index (κ2) is 7.10. The summed E-state index contributed by atoms with van der Waals surface area (Å²) in [5.41, 5.74) is -15.8. The minimum atomic E-state index is -10.1. The third-order valence-corrected chi connectivity index (χ3v) is 8.06. The molecule has 1 aromatic carbocycles. The molecule has 0 aliphatic carbocycles. The molecular formula is C12H5F16NO2P2. The topological polar surface area (TPSA) is 30.8 Å². The fourth-order valence-corrected chi connectivity index (χ4v) is 7.03. The second-order valence-corrected chi connectivity index (χ2v) is 10.2. The summed E-state index contributed by atoms with van der Waals surface area (Å²) in [7, 11) is -17.2. The van der Waals surface area contributed by atoms with E-state index < -0.39 is 56.7 Å². The van der Waals surface area contributed by atoms with E-state index >= 15 is 0 Å². The van der Waals surface area contributed by atoms with Gasteiger partial charge >= 0.3 is 170 Å². The van der Waals surface area contributed by atoms with E-state index in [0.29, 0.717) is 12.1 Å². The number of hydrogen-bond donors (Lipinski definition) is 0. The van der Waals surface area contributed by atoms with Crippen molar-refractivity contribution < 1.29 is 78.5 Å². The van der Waals surface area contributed by atoms with E-state index in [4.69, 9.17) is 0 Å². The van der Waals surface area contributed by atoms with E-state index in [9.17, 15) is 69.5 Å². The molecule has 0 bridgehead atoms. The average Bonchev–Trinajstić information content (AvgIpc) is 2.81. The molecule has 0 amide bonds. The SMILES string of the molecule is FC(F)(F)C1(C(F)(F)F)OP(F)(F)(N=P(F)(F)c2ccccc2)OC1(C(F)(F)F)C(F)(F)F. The molecule has 1 heterocycles. The average molecular weight is 561 g/mol. The fourth-order valence-electron chi connectivity index (χ4n) is 2.79. The van der Waals surface area contributed by atoms with E-state index in [-0.39, 0.29) is 12.1 Å². The molecule has 0 saturated carbocycles. The van der Waals surface area contributed by atoms with Gasteiger partial charge in [-0.05, 0) is 0 Å². The molecule has 1 aromatic rings. The van der Waals surface area contributed by atoms with Gasteiger partial charge in [0.15, 0.2) is 0 Å². The standard InChI is InChI=1S/C12H5F16NO2P2/c13-9(14,15)7(10(16,17)18)8(11(19,20)21,12(22,23)24)31-33(27,28,30-7)29-32(25,26)6-4-2-1-3-5-6/h1-5H. The van der Waals surface area contributed by atoms with E-state index in [1.165, 1.54) is 0 Å². The molecule has 1 saturated heterocycles. The van der Waals surface area contributed by atoms with Crippen molar-refractivity contribution in [2.45, 2.75) is 35.9 Å². The number of benzene rings is 1. The first-order valence-electron chi connectivity index (χ1n) is 7.50. The molecule has 0 spiro atoms. The first-order valence-corrected chi connectivity index (χ1v) is 10.8. The summed E-state index contributed by atoms with van der Waals surface area (Å²) in [6, 6.07) is 2.74. The van der Waals surface area contributed by atoms with E-state index in [2.05, 4.69) is 9.05 Å². The molecule has 1 aliphatic rings. The molecule has 192 valence electrons. The Hall–Kier alpha value is -1.32. The van der Waals surface area contributed by atoms with E-state index in [1.807, 2.05) is 0 Å². The Morgan fingerprint density at radius 2 is 0.939 bits per heavy atom. The predicted octanol–water partition coefficient (Wildman–Crippen LogP) is 8.12. The van der Waals surface area contributed by atoms with Gasteiger partial charge in [0.25, 0.3) is 0 Å². The Morgan fingerprint density at radius 3 is 1.21 bits per heavy atom. The van der Waals surface area contributed by atoms with Crippen LogP contribution in [-0.2, 0) is 9.05 Å². The zero-order valence-corrected chi connectivity index (χ0v) is 16.4. The quantitative estimate of drug-likeness (QED) is 0.270.